The van der Waals surface area contributed by atoms with E-state index in [9.17, 15) is 25.2 Å². The van der Waals surface area contributed by atoms with Crippen LogP contribution in [0.25, 0.3) is 16.6 Å². The van der Waals surface area contributed by atoms with Crippen LogP contribution in [0.2, 0.25) is 0 Å². The van der Waals surface area contributed by atoms with E-state index >= 15 is 0 Å². The third-order valence-electron chi connectivity index (χ3n) is 5.34. The molecule has 0 spiro atoms. The van der Waals surface area contributed by atoms with Crippen molar-refractivity contribution >= 4 is 16.9 Å². The number of aliphatic hydroxyl groups excluding tert-OH is 4. The number of aliphatic hydroxyl groups is 4. The Morgan fingerprint density at radius 2 is 1.74 bits per heavy atom. The van der Waals surface area contributed by atoms with Crippen LogP contribution < -0.4 is 4.74 Å². The molecule has 0 saturated carbocycles. The van der Waals surface area contributed by atoms with Crippen LogP contribution >= 0.6 is 0 Å². The molecule has 1 saturated heterocycles. The van der Waals surface area contributed by atoms with Gasteiger partial charge in [-0.2, -0.15) is 0 Å². The van der Waals surface area contributed by atoms with E-state index in [1.807, 2.05) is 12.1 Å². The van der Waals surface area contributed by atoms with Crippen LogP contribution in [0.4, 0.5) is 0 Å². The van der Waals surface area contributed by atoms with E-state index < -0.39 is 43.3 Å². The van der Waals surface area contributed by atoms with Gasteiger partial charge in [-0.3, -0.25) is 0 Å². The van der Waals surface area contributed by atoms with Crippen LogP contribution in [0.1, 0.15) is 10.4 Å². The molecule has 1 fully saturated rings. The summed E-state index contributed by atoms with van der Waals surface area (Å²) in [5, 5.41) is 40.4. The summed E-state index contributed by atoms with van der Waals surface area (Å²) in [5.41, 5.74) is 1.64. The molecule has 31 heavy (non-hydrogen) atoms. The molecule has 0 radical (unpaired) electrons. The molecule has 0 unspecified atom stereocenters. The number of nitrogens with zero attached hydrogens (tertiary/aromatic N) is 1. The first-order valence-electron chi connectivity index (χ1n) is 9.71. The Morgan fingerprint density at radius 3 is 2.48 bits per heavy atom. The Kier molecular flexibility index (Phi) is 5.94. The van der Waals surface area contributed by atoms with Gasteiger partial charge in [0.05, 0.1) is 36.7 Å². The highest BCUT2D eigenvalue weighted by Crippen LogP contribution is 2.34. The van der Waals surface area contributed by atoms with Gasteiger partial charge in [0.25, 0.3) is 0 Å². The lowest BCUT2D eigenvalue weighted by Gasteiger charge is -2.39. The molecule has 3 aromatic rings. The van der Waals surface area contributed by atoms with Crippen LogP contribution in [0.5, 0.6) is 5.75 Å². The molecule has 0 aliphatic carbocycles. The third kappa shape index (κ3) is 3.78. The van der Waals surface area contributed by atoms with E-state index in [0.29, 0.717) is 22.4 Å². The molecule has 1 aromatic heterocycles. The average Bonchev–Trinajstić information content (AvgIpc) is 3.17. The first-order chi connectivity index (χ1) is 15.0. The van der Waals surface area contributed by atoms with E-state index in [1.54, 1.807) is 47.2 Å². The molecule has 5 atom stereocenters. The predicted molar refractivity (Wildman–Crippen MR) is 109 cm³/mol. The normalized spacial score (nSPS) is 26.0. The minimum atomic E-state index is -1.55. The highest BCUT2D eigenvalue weighted by Gasteiger charge is 2.45. The Hall–Kier alpha value is -2.95. The van der Waals surface area contributed by atoms with Crippen LogP contribution in [-0.2, 0) is 9.47 Å². The Balaban J connectivity index is 1.76. The maximum Gasteiger partial charge on any atom is 0.339 e. The molecule has 0 bridgehead atoms. The summed E-state index contributed by atoms with van der Waals surface area (Å²) >= 11 is 0. The number of methoxy groups -OCH3 is 1. The minimum absolute atomic E-state index is 0.319. The van der Waals surface area contributed by atoms with Crippen molar-refractivity contribution in [1.29, 1.82) is 0 Å². The lowest BCUT2D eigenvalue weighted by atomic mass is 9.99. The monoisotopic (exact) mass is 429 g/mol. The van der Waals surface area contributed by atoms with E-state index in [2.05, 4.69) is 0 Å². The maximum atomic E-state index is 12.3. The second-order valence-electron chi connectivity index (χ2n) is 7.20. The number of aromatic nitrogens is 1. The van der Waals surface area contributed by atoms with Crippen LogP contribution in [0, 0.1) is 0 Å². The second kappa shape index (κ2) is 8.66. The number of benzene rings is 2. The number of hydrogen-bond acceptors (Lipinski definition) is 8. The highest BCUT2D eigenvalue weighted by molar-refractivity contribution is 5.96. The standard InChI is InChI=1S/C22H23NO8/c1-29-21(28)13-7-3-5-9-15(13)23-10-16(12-6-2-4-8-14(12)23)30-22-20(27)19(26)18(25)17(11-24)31-22/h2-10,17-20,22,24-27H,11H2,1H3/t17-,18+,19+,20-,22-/m0/s1. The Bertz CT molecular complexity index is 1080. The summed E-state index contributed by atoms with van der Waals surface area (Å²) in [5.74, 6) is -0.176. The van der Waals surface area contributed by atoms with Crippen molar-refractivity contribution in [3.05, 3.63) is 60.3 Å². The summed E-state index contributed by atoms with van der Waals surface area (Å²) in [6.07, 6.45) is -5.35. The van der Waals surface area contributed by atoms with Crippen LogP contribution in [0.3, 0.4) is 0 Å². The molecule has 9 nitrogen and oxygen atoms in total. The third-order valence-corrected chi connectivity index (χ3v) is 5.34. The summed E-state index contributed by atoms with van der Waals surface area (Å²) in [7, 11) is 1.31. The number of ether oxygens (including phenoxy) is 3. The lowest BCUT2D eigenvalue weighted by molar-refractivity contribution is -0.277. The van der Waals surface area contributed by atoms with Gasteiger partial charge in [-0.25, -0.2) is 4.79 Å². The van der Waals surface area contributed by atoms with E-state index in [4.69, 9.17) is 14.2 Å². The van der Waals surface area contributed by atoms with E-state index in [0.717, 1.165) is 5.52 Å². The SMILES string of the molecule is COC(=O)c1ccccc1-n1cc(O[C@H]2O[C@@H](CO)[C@@H](O)[C@@H](O)[C@@H]2O)c2ccccc21. The average molecular weight is 429 g/mol. The van der Waals surface area contributed by atoms with Crippen LogP contribution in [-0.4, -0.2) is 75.4 Å². The van der Waals surface area contributed by atoms with Gasteiger partial charge in [0.1, 0.15) is 30.2 Å². The van der Waals surface area contributed by atoms with Crippen molar-refractivity contribution in [1.82, 2.24) is 4.57 Å². The largest absolute Gasteiger partial charge is 0.465 e. The van der Waals surface area contributed by atoms with Crippen molar-refractivity contribution in [3.63, 3.8) is 0 Å². The second-order valence-corrected chi connectivity index (χ2v) is 7.20. The first-order valence-corrected chi connectivity index (χ1v) is 9.71. The quantitative estimate of drug-likeness (QED) is 0.434. The fourth-order valence-corrected chi connectivity index (χ4v) is 3.70. The number of para-hydroxylation sites is 2. The van der Waals surface area contributed by atoms with Gasteiger partial charge in [-0.05, 0) is 24.3 Å². The predicted octanol–water partition coefficient (Wildman–Crippen LogP) is 0.596. The number of carbonyl (C=O) groups excluding carboxylic acids is 1. The zero-order chi connectivity index (χ0) is 22.1. The van der Waals surface area contributed by atoms with Gasteiger partial charge in [0.15, 0.2) is 0 Å². The van der Waals surface area contributed by atoms with Gasteiger partial charge >= 0.3 is 5.97 Å². The van der Waals surface area contributed by atoms with Crippen LogP contribution in [0.15, 0.2) is 54.7 Å². The lowest BCUT2D eigenvalue weighted by Crippen LogP contribution is -2.60. The topological polar surface area (TPSA) is 131 Å². The molecular weight excluding hydrogens is 406 g/mol. The van der Waals surface area contributed by atoms with Gasteiger partial charge in [0, 0.05) is 5.39 Å². The number of carbonyl (C=O) groups is 1. The molecule has 2 heterocycles. The molecule has 4 N–H and O–H groups in total. The number of rotatable bonds is 5. The zero-order valence-electron chi connectivity index (χ0n) is 16.7. The number of esters is 1. The summed E-state index contributed by atoms with van der Waals surface area (Å²) in [6.45, 7) is -0.556. The fraction of sp³-hybridized carbons (Fsp3) is 0.318. The van der Waals surface area contributed by atoms with Crippen molar-refractivity contribution in [2.24, 2.45) is 0 Å². The number of hydrogen-bond donors (Lipinski definition) is 4. The zero-order valence-corrected chi connectivity index (χ0v) is 16.7. The molecule has 164 valence electrons. The Morgan fingerprint density at radius 1 is 1.03 bits per heavy atom. The van der Waals surface area contributed by atoms with Gasteiger partial charge < -0.3 is 39.2 Å². The summed E-state index contributed by atoms with van der Waals surface area (Å²) in [6, 6.07) is 14.2. The van der Waals surface area contributed by atoms with Crippen molar-refractivity contribution in [3.8, 4) is 11.4 Å². The smallest absolute Gasteiger partial charge is 0.339 e. The van der Waals surface area contributed by atoms with Gasteiger partial charge in [-0.1, -0.05) is 24.3 Å². The van der Waals surface area contributed by atoms with Gasteiger partial charge in [-0.15, -0.1) is 0 Å². The summed E-state index contributed by atoms with van der Waals surface area (Å²) in [4.78, 5) is 12.3. The fourth-order valence-electron chi connectivity index (χ4n) is 3.70. The van der Waals surface area contributed by atoms with Crippen molar-refractivity contribution in [2.75, 3.05) is 13.7 Å². The van der Waals surface area contributed by atoms with Gasteiger partial charge in [0.2, 0.25) is 6.29 Å². The number of fused-ring (bicyclic) bond motifs is 1. The molecule has 2 aromatic carbocycles. The minimum Gasteiger partial charge on any atom is -0.465 e. The first kappa shape index (κ1) is 21.3. The maximum absolute atomic E-state index is 12.3. The van der Waals surface area contributed by atoms with Crippen molar-refractivity contribution in [2.45, 2.75) is 30.7 Å². The molecule has 1 aliphatic heterocycles. The van der Waals surface area contributed by atoms with E-state index in [1.165, 1.54) is 7.11 Å². The Labute approximate surface area is 177 Å². The molecular formula is C22H23NO8. The highest BCUT2D eigenvalue weighted by atomic mass is 16.7. The summed E-state index contributed by atoms with van der Waals surface area (Å²) < 4.78 is 18.0. The molecule has 4 rings (SSSR count). The van der Waals surface area contributed by atoms with Crippen molar-refractivity contribution < 1.29 is 39.4 Å². The molecule has 1 aliphatic rings. The molecule has 9 heteroatoms. The van der Waals surface area contributed by atoms with E-state index in [-0.39, 0.29) is 0 Å². The molecule has 0 amide bonds.